The molecule has 0 amide bonds. The SMILES string of the molecule is Cc1nn2c(C)c(-c3ccn[nH]3)nnc2c1-c1ccccc1. The Morgan fingerprint density at radius 1 is 1.00 bits per heavy atom. The number of fused-ring (bicyclic) bond motifs is 1. The molecular weight excluding hydrogens is 276 g/mol. The van der Waals surface area contributed by atoms with Crippen molar-refractivity contribution in [1.82, 2.24) is 30.0 Å². The van der Waals surface area contributed by atoms with Crippen LogP contribution in [0, 0.1) is 13.8 Å². The zero-order valence-corrected chi connectivity index (χ0v) is 12.3. The Bertz CT molecular complexity index is 938. The van der Waals surface area contributed by atoms with E-state index < -0.39 is 0 Å². The van der Waals surface area contributed by atoms with Crippen molar-refractivity contribution < 1.29 is 0 Å². The van der Waals surface area contributed by atoms with Gasteiger partial charge in [-0.05, 0) is 25.5 Å². The Morgan fingerprint density at radius 3 is 2.55 bits per heavy atom. The highest BCUT2D eigenvalue weighted by Crippen LogP contribution is 2.28. The molecule has 0 saturated carbocycles. The first-order chi connectivity index (χ1) is 10.8. The summed E-state index contributed by atoms with van der Waals surface area (Å²) in [5.41, 5.74) is 6.34. The monoisotopic (exact) mass is 290 g/mol. The molecule has 108 valence electrons. The molecular formula is C16H14N6. The minimum Gasteiger partial charge on any atom is -0.276 e. The van der Waals surface area contributed by atoms with Gasteiger partial charge in [0.1, 0.15) is 5.69 Å². The second-order valence-electron chi connectivity index (χ2n) is 5.17. The van der Waals surface area contributed by atoms with Crippen molar-refractivity contribution in [2.75, 3.05) is 0 Å². The first-order valence-corrected chi connectivity index (χ1v) is 7.03. The van der Waals surface area contributed by atoms with Gasteiger partial charge in [0.2, 0.25) is 0 Å². The number of H-pyrrole nitrogens is 1. The lowest BCUT2D eigenvalue weighted by Crippen LogP contribution is -2.02. The summed E-state index contributed by atoms with van der Waals surface area (Å²) in [7, 11) is 0. The van der Waals surface area contributed by atoms with Crippen LogP contribution in [0.15, 0.2) is 42.6 Å². The van der Waals surface area contributed by atoms with Crippen molar-refractivity contribution in [2.24, 2.45) is 0 Å². The zero-order chi connectivity index (χ0) is 15.1. The molecule has 0 atom stereocenters. The molecule has 0 aliphatic rings. The Hall–Kier alpha value is -3.02. The second-order valence-corrected chi connectivity index (χ2v) is 5.17. The molecule has 4 aromatic rings. The predicted octanol–water partition coefficient (Wildman–Crippen LogP) is 2.80. The first kappa shape index (κ1) is 12.7. The maximum atomic E-state index is 4.64. The van der Waals surface area contributed by atoms with Gasteiger partial charge in [0.15, 0.2) is 5.65 Å². The van der Waals surface area contributed by atoms with E-state index in [9.17, 15) is 0 Å². The molecule has 0 fully saturated rings. The number of nitrogens with one attached hydrogen (secondary N) is 1. The van der Waals surface area contributed by atoms with Crippen molar-refractivity contribution in [3.63, 3.8) is 0 Å². The third-order valence-electron chi connectivity index (χ3n) is 3.76. The van der Waals surface area contributed by atoms with Crippen LogP contribution in [0.25, 0.3) is 28.2 Å². The van der Waals surface area contributed by atoms with Crippen LogP contribution in [0.2, 0.25) is 0 Å². The van der Waals surface area contributed by atoms with Crippen LogP contribution in [0.5, 0.6) is 0 Å². The largest absolute Gasteiger partial charge is 0.276 e. The minimum atomic E-state index is 0.757. The van der Waals surface area contributed by atoms with Gasteiger partial charge in [0.25, 0.3) is 0 Å². The Kier molecular flexibility index (Phi) is 2.75. The Morgan fingerprint density at radius 2 is 1.82 bits per heavy atom. The van der Waals surface area contributed by atoms with Gasteiger partial charge < -0.3 is 0 Å². The summed E-state index contributed by atoms with van der Waals surface area (Å²) < 4.78 is 1.85. The molecule has 4 rings (SSSR count). The van der Waals surface area contributed by atoms with Crippen LogP contribution in [-0.4, -0.2) is 30.0 Å². The molecule has 22 heavy (non-hydrogen) atoms. The van der Waals surface area contributed by atoms with Crippen molar-refractivity contribution in [1.29, 1.82) is 0 Å². The standard InChI is InChI=1S/C16H14N6/c1-10-14(12-6-4-3-5-7-12)16-20-19-15(11(2)22(16)21-10)13-8-9-17-18-13/h3-9H,1-2H3,(H,17,18). The van der Waals surface area contributed by atoms with E-state index in [0.717, 1.165) is 39.5 Å². The van der Waals surface area contributed by atoms with Crippen LogP contribution in [0.4, 0.5) is 0 Å². The van der Waals surface area contributed by atoms with Crippen LogP contribution in [-0.2, 0) is 0 Å². The first-order valence-electron chi connectivity index (χ1n) is 7.03. The predicted molar refractivity (Wildman–Crippen MR) is 83.3 cm³/mol. The Labute approximate surface area is 126 Å². The molecule has 0 saturated heterocycles. The van der Waals surface area contributed by atoms with E-state index in [1.54, 1.807) is 6.20 Å². The summed E-state index contributed by atoms with van der Waals surface area (Å²) in [6.45, 7) is 3.98. The molecule has 3 heterocycles. The summed E-state index contributed by atoms with van der Waals surface area (Å²) >= 11 is 0. The van der Waals surface area contributed by atoms with Gasteiger partial charge in [-0.1, -0.05) is 30.3 Å². The van der Waals surface area contributed by atoms with Gasteiger partial charge in [-0.25, -0.2) is 4.52 Å². The van der Waals surface area contributed by atoms with Gasteiger partial charge in [-0.15, -0.1) is 10.2 Å². The van der Waals surface area contributed by atoms with Crippen LogP contribution < -0.4 is 0 Å². The van der Waals surface area contributed by atoms with Gasteiger partial charge in [-0.3, -0.25) is 5.10 Å². The van der Waals surface area contributed by atoms with E-state index in [0.29, 0.717) is 0 Å². The second kappa shape index (κ2) is 4.77. The zero-order valence-electron chi connectivity index (χ0n) is 12.3. The normalized spacial score (nSPS) is 11.2. The molecule has 0 aliphatic carbocycles. The fourth-order valence-electron chi connectivity index (χ4n) is 2.69. The lowest BCUT2D eigenvalue weighted by molar-refractivity contribution is 0.841. The molecule has 3 aromatic heterocycles. The average Bonchev–Trinajstić information content (AvgIpc) is 3.16. The number of benzene rings is 1. The number of hydrogen-bond donors (Lipinski definition) is 1. The van der Waals surface area contributed by atoms with Crippen LogP contribution in [0.3, 0.4) is 0 Å². The third kappa shape index (κ3) is 1.81. The van der Waals surface area contributed by atoms with Crippen molar-refractivity contribution in [3.8, 4) is 22.5 Å². The van der Waals surface area contributed by atoms with E-state index >= 15 is 0 Å². The van der Waals surface area contributed by atoms with Crippen LogP contribution >= 0.6 is 0 Å². The summed E-state index contributed by atoms with van der Waals surface area (Å²) in [5, 5.41) is 20.3. The van der Waals surface area contributed by atoms with E-state index in [2.05, 4.69) is 37.6 Å². The van der Waals surface area contributed by atoms with E-state index in [-0.39, 0.29) is 0 Å². The van der Waals surface area contributed by atoms with Gasteiger partial charge >= 0.3 is 0 Å². The third-order valence-corrected chi connectivity index (χ3v) is 3.76. The van der Waals surface area contributed by atoms with Crippen LogP contribution in [0.1, 0.15) is 11.4 Å². The lowest BCUT2D eigenvalue weighted by Gasteiger charge is -2.04. The maximum absolute atomic E-state index is 4.64. The van der Waals surface area contributed by atoms with E-state index in [4.69, 9.17) is 0 Å². The highest BCUT2D eigenvalue weighted by Gasteiger charge is 2.17. The highest BCUT2D eigenvalue weighted by atomic mass is 15.3. The number of nitrogens with zero attached hydrogens (tertiary/aromatic N) is 5. The Balaban J connectivity index is 1.99. The maximum Gasteiger partial charge on any atom is 0.185 e. The summed E-state index contributed by atoms with van der Waals surface area (Å²) in [4.78, 5) is 0. The van der Waals surface area contributed by atoms with Crippen molar-refractivity contribution in [2.45, 2.75) is 13.8 Å². The smallest absolute Gasteiger partial charge is 0.185 e. The fourth-order valence-corrected chi connectivity index (χ4v) is 2.69. The molecule has 6 heteroatoms. The molecule has 1 N–H and O–H groups in total. The molecule has 1 aromatic carbocycles. The quantitative estimate of drug-likeness (QED) is 0.616. The number of aromatic amines is 1. The minimum absolute atomic E-state index is 0.757. The molecule has 0 aliphatic heterocycles. The molecule has 0 radical (unpaired) electrons. The van der Waals surface area contributed by atoms with E-state index in [1.165, 1.54) is 0 Å². The lowest BCUT2D eigenvalue weighted by atomic mass is 10.1. The number of hydrogen-bond acceptors (Lipinski definition) is 4. The molecule has 0 unspecified atom stereocenters. The topological polar surface area (TPSA) is 71.8 Å². The molecule has 6 nitrogen and oxygen atoms in total. The van der Waals surface area contributed by atoms with E-state index in [1.807, 2.05) is 42.6 Å². The highest BCUT2D eigenvalue weighted by molar-refractivity contribution is 5.80. The number of rotatable bonds is 2. The fraction of sp³-hybridized carbons (Fsp3) is 0.125. The number of aryl methyl sites for hydroxylation is 2. The van der Waals surface area contributed by atoms with Gasteiger partial charge in [-0.2, -0.15) is 10.2 Å². The van der Waals surface area contributed by atoms with Gasteiger partial charge in [0.05, 0.1) is 22.6 Å². The average molecular weight is 290 g/mol. The molecule has 0 spiro atoms. The van der Waals surface area contributed by atoms with Gasteiger partial charge in [0, 0.05) is 6.20 Å². The van der Waals surface area contributed by atoms with Crippen molar-refractivity contribution in [3.05, 3.63) is 54.0 Å². The summed E-state index contributed by atoms with van der Waals surface area (Å²) in [6, 6.07) is 12.0. The summed E-state index contributed by atoms with van der Waals surface area (Å²) in [5.74, 6) is 0. The van der Waals surface area contributed by atoms with Crippen molar-refractivity contribution >= 4 is 5.65 Å². The molecule has 0 bridgehead atoms. The summed E-state index contributed by atoms with van der Waals surface area (Å²) in [6.07, 6.45) is 1.70. The number of aromatic nitrogens is 6.